The van der Waals surface area contributed by atoms with E-state index in [0.717, 1.165) is 5.56 Å². The highest BCUT2D eigenvalue weighted by molar-refractivity contribution is 7.98. The molecule has 2 atom stereocenters. The number of hydrogen-bond acceptors (Lipinski definition) is 6. The second-order valence-corrected chi connectivity index (χ2v) is 6.76. The van der Waals surface area contributed by atoms with Gasteiger partial charge in [0.15, 0.2) is 5.16 Å². The summed E-state index contributed by atoms with van der Waals surface area (Å²) in [6.07, 6.45) is 0.536. The van der Waals surface area contributed by atoms with E-state index in [2.05, 4.69) is 9.97 Å². The fraction of sp³-hybridized carbons (Fsp3) is 0.353. The average Bonchev–Trinajstić information content (AvgIpc) is 3.05. The first-order valence-corrected chi connectivity index (χ1v) is 8.84. The van der Waals surface area contributed by atoms with Crippen molar-refractivity contribution >= 4 is 17.7 Å². The van der Waals surface area contributed by atoms with Crippen LogP contribution in [0.15, 0.2) is 46.5 Å². The summed E-state index contributed by atoms with van der Waals surface area (Å²) in [6.45, 7) is 0.436. The van der Waals surface area contributed by atoms with Crippen LogP contribution in [0, 0.1) is 0 Å². The van der Waals surface area contributed by atoms with Crippen molar-refractivity contribution in [2.24, 2.45) is 0 Å². The number of aliphatic hydroxyl groups is 1. The number of ether oxygens (including phenoxy) is 1. The molecule has 2 N–H and O–H groups in total. The van der Waals surface area contributed by atoms with E-state index in [-0.39, 0.29) is 18.8 Å². The fourth-order valence-corrected chi connectivity index (χ4v) is 3.36. The van der Waals surface area contributed by atoms with Gasteiger partial charge in [0.2, 0.25) is 0 Å². The third kappa shape index (κ3) is 4.09. The largest absolute Gasteiger partial charge is 0.388 e. The van der Waals surface area contributed by atoms with Crippen LogP contribution >= 0.6 is 11.8 Å². The molecule has 1 aliphatic rings. The summed E-state index contributed by atoms with van der Waals surface area (Å²) < 4.78 is 5.15. The molecule has 0 saturated carbocycles. The lowest BCUT2D eigenvalue weighted by molar-refractivity contribution is 0.0579. The van der Waals surface area contributed by atoms with Gasteiger partial charge in [-0.2, -0.15) is 0 Å². The van der Waals surface area contributed by atoms with E-state index >= 15 is 0 Å². The molecular formula is C17H19N3O4S. The number of benzene rings is 1. The molecule has 1 aromatic heterocycles. The first kappa shape index (κ1) is 17.7. The zero-order chi connectivity index (χ0) is 17.8. The third-order valence-electron chi connectivity index (χ3n) is 4.06. The molecule has 0 radical (unpaired) electrons. The van der Waals surface area contributed by atoms with Gasteiger partial charge in [-0.3, -0.25) is 9.59 Å². The first-order valence-electron chi connectivity index (χ1n) is 7.85. The number of rotatable bonds is 5. The minimum Gasteiger partial charge on any atom is -0.388 e. The molecule has 0 bridgehead atoms. The van der Waals surface area contributed by atoms with Crippen molar-refractivity contribution in [1.82, 2.24) is 14.9 Å². The number of carbonyl (C=O) groups is 1. The quantitative estimate of drug-likeness (QED) is 0.607. The Labute approximate surface area is 149 Å². The van der Waals surface area contributed by atoms with Crippen LogP contribution < -0.4 is 5.56 Å². The van der Waals surface area contributed by atoms with E-state index in [1.54, 1.807) is 7.05 Å². The maximum Gasteiger partial charge on any atom is 0.264 e. The molecule has 1 amide bonds. The number of thioether (sulfide) groups is 1. The smallest absolute Gasteiger partial charge is 0.264 e. The number of amides is 1. The molecule has 0 unspecified atom stereocenters. The molecule has 8 heteroatoms. The van der Waals surface area contributed by atoms with E-state index in [9.17, 15) is 14.7 Å². The van der Waals surface area contributed by atoms with Crippen LogP contribution in [0.1, 0.15) is 15.9 Å². The molecule has 2 aromatic rings. The Morgan fingerprint density at radius 2 is 2.16 bits per heavy atom. The van der Waals surface area contributed by atoms with E-state index < -0.39 is 23.6 Å². The summed E-state index contributed by atoms with van der Waals surface area (Å²) in [5, 5.41) is 10.3. The number of aromatic nitrogens is 2. The van der Waals surface area contributed by atoms with Crippen molar-refractivity contribution in [3.8, 4) is 0 Å². The highest BCUT2D eigenvalue weighted by Crippen LogP contribution is 2.18. The third-order valence-corrected chi connectivity index (χ3v) is 5.02. The molecular weight excluding hydrogens is 342 g/mol. The summed E-state index contributed by atoms with van der Waals surface area (Å²) in [6, 6.07) is 9.37. The zero-order valence-electron chi connectivity index (χ0n) is 13.7. The number of nitrogens with zero attached hydrogens (tertiary/aromatic N) is 2. The first-order chi connectivity index (χ1) is 12.1. The molecule has 0 spiro atoms. The molecule has 7 nitrogen and oxygen atoms in total. The summed E-state index contributed by atoms with van der Waals surface area (Å²) in [5.41, 5.74) is 0.576. The Balaban J connectivity index is 1.69. The van der Waals surface area contributed by atoms with Crippen molar-refractivity contribution in [2.45, 2.75) is 23.1 Å². The second kappa shape index (κ2) is 7.81. The van der Waals surface area contributed by atoms with Gasteiger partial charge in [-0.25, -0.2) is 4.98 Å². The van der Waals surface area contributed by atoms with Crippen LogP contribution in [0.3, 0.4) is 0 Å². The number of aliphatic hydroxyl groups excluding tert-OH is 1. The SMILES string of the molecule is CN(C(=O)c1cnc(SCc2ccccc2)[nH]c1=O)[C@@H]1COC[C@H]1O. The summed E-state index contributed by atoms with van der Waals surface area (Å²) in [5.74, 6) is 0.186. The monoisotopic (exact) mass is 361 g/mol. The minimum atomic E-state index is -0.748. The molecule has 1 fully saturated rings. The molecule has 3 rings (SSSR count). The molecule has 1 aliphatic heterocycles. The lowest BCUT2D eigenvalue weighted by Crippen LogP contribution is -2.45. The molecule has 2 heterocycles. The van der Waals surface area contributed by atoms with Crippen LogP contribution in [0.4, 0.5) is 0 Å². The Bertz CT molecular complexity index is 796. The highest BCUT2D eigenvalue weighted by Gasteiger charge is 2.33. The van der Waals surface area contributed by atoms with Gasteiger partial charge in [-0.15, -0.1) is 0 Å². The molecule has 1 saturated heterocycles. The normalized spacial score (nSPS) is 19.8. The van der Waals surface area contributed by atoms with E-state index in [0.29, 0.717) is 10.9 Å². The van der Waals surface area contributed by atoms with Gasteiger partial charge < -0.3 is 19.7 Å². The van der Waals surface area contributed by atoms with Crippen molar-refractivity contribution in [2.75, 3.05) is 20.3 Å². The van der Waals surface area contributed by atoms with Crippen molar-refractivity contribution in [3.05, 3.63) is 58.0 Å². The van der Waals surface area contributed by atoms with E-state index in [1.165, 1.54) is 22.9 Å². The van der Waals surface area contributed by atoms with Crippen LogP contribution in [-0.2, 0) is 10.5 Å². The Morgan fingerprint density at radius 3 is 2.80 bits per heavy atom. The van der Waals surface area contributed by atoms with E-state index in [1.807, 2.05) is 30.3 Å². The van der Waals surface area contributed by atoms with Crippen LogP contribution in [0.5, 0.6) is 0 Å². The van der Waals surface area contributed by atoms with Gasteiger partial charge in [0.25, 0.3) is 11.5 Å². The van der Waals surface area contributed by atoms with Crippen LogP contribution in [0.25, 0.3) is 0 Å². The predicted molar refractivity (Wildman–Crippen MR) is 93.6 cm³/mol. The number of nitrogens with one attached hydrogen (secondary N) is 1. The minimum absolute atomic E-state index is 0.0503. The fourth-order valence-electron chi connectivity index (χ4n) is 2.57. The van der Waals surface area contributed by atoms with Crippen molar-refractivity contribution in [1.29, 1.82) is 0 Å². The molecule has 25 heavy (non-hydrogen) atoms. The number of likely N-dealkylation sites (N-methyl/N-ethyl adjacent to an activating group) is 1. The Hall–Kier alpha value is -2.16. The number of H-pyrrole nitrogens is 1. The maximum atomic E-state index is 12.5. The van der Waals surface area contributed by atoms with Gasteiger partial charge in [0, 0.05) is 19.0 Å². The molecule has 132 valence electrons. The van der Waals surface area contributed by atoms with Crippen molar-refractivity contribution in [3.63, 3.8) is 0 Å². The number of aromatic amines is 1. The lowest BCUT2D eigenvalue weighted by Gasteiger charge is -2.25. The topological polar surface area (TPSA) is 95.5 Å². The highest BCUT2D eigenvalue weighted by atomic mass is 32.2. The standard InChI is InChI=1S/C17H19N3O4S/c1-20(13-8-24-9-14(13)21)16(23)12-7-18-17(19-15(12)22)25-10-11-5-3-2-4-6-11/h2-7,13-14,21H,8-10H2,1H3,(H,18,19,22)/t13-,14-/m1/s1. The zero-order valence-corrected chi connectivity index (χ0v) is 14.5. The number of carbonyl (C=O) groups excluding carboxylic acids is 1. The van der Waals surface area contributed by atoms with E-state index in [4.69, 9.17) is 4.74 Å². The molecule has 1 aromatic carbocycles. The van der Waals surface area contributed by atoms with Gasteiger partial charge in [-0.1, -0.05) is 42.1 Å². The Morgan fingerprint density at radius 1 is 1.40 bits per heavy atom. The molecule has 0 aliphatic carbocycles. The second-order valence-electron chi connectivity index (χ2n) is 5.79. The number of hydrogen-bond donors (Lipinski definition) is 2. The van der Waals surface area contributed by atoms with Gasteiger partial charge >= 0.3 is 0 Å². The summed E-state index contributed by atoms with van der Waals surface area (Å²) in [7, 11) is 1.54. The van der Waals surface area contributed by atoms with Gasteiger partial charge in [0.05, 0.1) is 25.4 Å². The lowest BCUT2D eigenvalue weighted by atomic mass is 10.1. The van der Waals surface area contributed by atoms with Crippen molar-refractivity contribution < 1.29 is 14.6 Å². The average molecular weight is 361 g/mol. The summed E-state index contributed by atoms with van der Waals surface area (Å²) in [4.78, 5) is 32.9. The predicted octanol–water partition coefficient (Wildman–Crippen LogP) is 0.894. The van der Waals surface area contributed by atoms with Crippen LogP contribution in [-0.4, -0.2) is 58.3 Å². The van der Waals surface area contributed by atoms with Gasteiger partial charge in [-0.05, 0) is 5.56 Å². The Kier molecular flexibility index (Phi) is 5.52. The van der Waals surface area contributed by atoms with Gasteiger partial charge in [0.1, 0.15) is 5.56 Å². The summed E-state index contributed by atoms with van der Waals surface area (Å²) >= 11 is 1.39. The maximum absolute atomic E-state index is 12.5. The van der Waals surface area contributed by atoms with Crippen LogP contribution in [0.2, 0.25) is 0 Å².